The molecular weight excluding hydrogens is 277 g/mol. The van der Waals surface area contributed by atoms with Gasteiger partial charge in [-0.05, 0) is 24.3 Å². The van der Waals surface area contributed by atoms with Crippen LogP contribution in [-0.2, 0) is 0 Å². The number of oxazole rings is 1. The molecule has 0 aliphatic carbocycles. The minimum Gasteiger partial charge on any atom is -0.431 e. The Kier molecular flexibility index (Phi) is 3.52. The van der Waals surface area contributed by atoms with Gasteiger partial charge in [0.05, 0.1) is 11.3 Å². The number of benzene rings is 2. The van der Waals surface area contributed by atoms with Crippen LogP contribution in [-0.4, -0.2) is 16.5 Å². The summed E-state index contributed by atoms with van der Waals surface area (Å²) in [5, 5.41) is 0.413. The number of Topliss-reactive ketones (excluding diaryl/α,β-unsaturated/α-hetero) is 1. The van der Waals surface area contributed by atoms with Gasteiger partial charge in [0, 0.05) is 0 Å². The van der Waals surface area contributed by atoms with Gasteiger partial charge >= 0.3 is 0 Å². The molecule has 0 fully saturated rings. The molecule has 0 radical (unpaired) electrons. The second-order valence-electron chi connectivity index (χ2n) is 4.14. The van der Waals surface area contributed by atoms with E-state index in [1.807, 2.05) is 24.3 Å². The predicted molar refractivity (Wildman–Crippen MR) is 75.5 cm³/mol. The fraction of sp³-hybridized carbons (Fsp3) is 0.0667. The molecule has 0 aliphatic heterocycles. The summed E-state index contributed by atoms with van der Waals surface area (Å²) < 4.78 is 19.0. The maximum absolute atomic E-state index is 13.5. The van der Waals surface area contributed by atoms with Crippen LogP contribution in [0.5, 0.6) is 0 Å². The van der Waals surface area contributed by atoms with Gasteiger partial charge in [0.25, 0.3) is 5.22 Å². The molecule has 0 saturated heterocycles. The Morgan fingerprint density at radius 3 is 2.70 bits per heavy atom. The van der Waals surface area contributed by atoms with E-state index in [0.717, 1.165) is 17.3 Å². The molecule has 3 aromatic rings. The normalized spacial score (nSPS) is 10.8. The smallest absolute Gasteiger partial charge is 0.257 e. The fourth-order valence-corrected chi connectivity index (χ4v) is 2.53. The maximum atomic E-state index is 13.5. The molecule has 0 aliphatic rings. The van der Waals surface area contributed by atoms with Gasteiger partial charge in [-0.2, -0.15) is 0 Å². The van der Waals surface area contributed by atoms with E-state index >= 15 is 0 Å². The molecule has 0 N–H and O–H groups in total. The molecule has 0 amide bonds. The minimum atomic E-state index is -0.504. The molecule has 1 aromatic heterocycles. The summed E-state index contributed by atoms with van der Waals surface area (Å²) >= 11 is 1.16. The number of carbonyl (C=O) groups is 1. The number of fused-ring (bicyclic) bond motifs is 1. The van der Waals surface area contributed by atoms with Crippen LogP contribution in [0.3, 0.4) is 0 Å². The highest BCUT2D eigenvalue weighted by molar-refractivity contribution is 7.99. The van der Waals surface area contributed by atoms with E-state index in [4.69, 9.17) is 4.42 Å². The zero-order valence-corrected chi connectivity index (χ0v) is 11.2. The Labute approximate surface area is 118 Å². The third-order valence-electron chi connectivity index (χ3n) is 2.78. The highest BCUT2D eigenvalue weighted by Gasteiger charge is 2.13. The van der Waals surface area contributed by atoms with Crippen LogP contribution in [0, 0.1) is 5.82 Å². The minimum absolute atomic E-state index is 0.0910. The van der Waals surface area contributed by atoms with E-state index in [1.54, 1.807) is 12.1 Å². The molecule has 0 spiro atoms. The number of thioether (sulfide) groups is 1. The van der Waals surface area contributed by atoms with Crippen molar-refractivity contribution in [1.29, 1.82) is 0 Å². The van der Waals surface area contributed by atoms with Gasteiger partial charge in [-0.15, -0.1) is 0 Å². The van der Waals surface area contributed by atoms with E-state index in [-0.39, 0.29) is 17.1 Å². The third kappa shape index (κ3) is 2.58. The summed E-state index contributed by atoms with van der Waals surface area (Å²) in [6.07, 6.45) is 0. The molecule has 0 atom stereocenters. The number of aromatic nitrogens is 1. The third-order valence-corrected chi connectivity index (χ3v) is 3.60. The molecule has 0 bridgehead atoms. The average Bonchev–Trinajstić information content (AvgIpc) is 2.88. The Bertz CT molecular complexity index is 736. The summed E-state index contributed by atoms with van der Waals surface area (Å²) in [6.45, 7) is 0. The standard InChI is InChI=1S/C15H10FNO2S/c16-11-6-2-1-5-10(11)13(18)9-20-15-17-12-7-3-4-8-14(12)19-15/h1-8H,9H2. The lowest BCUT2D eigenvalue weighted by Gasteiger charge is -2.00. The van der Waals surface area contributed by atoms with Crippen molar-refractivity contribution in [2.45, 2.75) is 5.22 Å². The molecular formula is C15H10FNO2S. The van der Waals surface area contributed by atoms with E-state index in [1.165, 1.54) is 12.1 Å². The van der Waals surface area contributed by atoms with Gasteiger partial charge in [-0.1, -0.05) is 36.0 Å². The molecule has 1 heterocycles. The Hall–Kier alpha value is -2.14. The fourth-order valence-electron chi connectivity index (χ4n) is 1.81. The van der Waals surface area contributed by atoms with Gasteiger partial charge in [0.15, 0.2) is 11.4 Å². The first-order chi connectivity index (χ1) is 9.74. The summed E-state index contributed by atoms with van der Waals surface area (Å²) in [4.78, 5) is 16.2. The van der Waals surface area contributed by atoms with Crippen molar-refractivity contribution < 1.29 is 13.6 Å². The highest BCUT2D eigenvalue weighted by atomic mass is 32.2. The number of halogens is 1. The van der Waals surface area contributed by atoms with Crippen molar-refractivity contribution in [3.63, 3.8) is 0 Å². The number of hydrogen-bond donors (Lipinski definition) is 0. The average molecular weight is 287 g/mol. The van der Waals surface area contributed by atoms with E-state index in [9.17, 15) is 9.18 Å². The summed E-state index contributed by atoms with van der Waals surface area (Å²) in [6, 6.07) is 13.3. The van der Waals surface area contributed by atoms with Gasteiger partial charge < -0.3 is 4.42 Å². The largest absolute Gasteiger partial charge is 0.431 e. The van der Waals surface area contributed by atoms with Gasteiger partial charge in [-0.3, -0.25) is 4.79 Å². The summed E-state index contributed by atoms with van der Waals surface area (Å²) in [7, 11) is 0. The zero-order valence-electron chi connectivity index (χ0n) is 10.4. The van der Waals surface area contributed by atoms with Crippen LogP contribution in [0.4, 0.5) is 4.39 Å². The predicted octanol–water partition coefficient (Wildman–Crippen LogP) is 3.94. The monoisotopic (exact) mass is 287 g/mol. The van der Waals surface area contributed by atoms with Gasteiger partial charge in [0.2, 0.25) is 0 Å². The number of ketones is 1. The lowest BCUT2D eigenvalue weighted by atomic mass is 10.1. The lowest BCUT2D eigenvalue weighted by Crippen LogP contribution is -2.04. The van der Waals surface area contributed by atoms with Crippen LogP contribution >= 0.6 is 11.8 Å². The lowest BCUT2D eigenvalue weighted by molar-refractivity contribution is 0.101. The highest BCUT2D eigenvalue weighted by Crippen LogP contribution is 2.24. The molecule has 0 saturated carbocycles. The van der Waals surface area contributed by atoms with Crippen molar-refractivity contribution >= 4 is 28.6 Å². The molecule has 5 heteroatoms. The second-order valence-corrected chi connectivity index (χ2v) is 5.07. The molecule has 20 heavy (non-hydrogen) atoms. The SMILES string of the molecule is O=C(CSc1nc2ccccc2o1)c1ccccc1F. The number of hydrogen-bond acceptors (Lipinski definition) is 4. The van der Waals surface area contributed by atoms with E-state index in [0.29, 0.717) is 10.8 Å². The van der Waals surface area contributed by atoms with Crippen LogP contribution in [0.15, 0.2) is 58.2 Å². The van der Waals surface area contributed by atoms with Crippen molar-refractivity contribution in [3.05, 3.63) is 59.9 Å². The zero-order chi connectivity index (χ0) is 13.9. The molecule has 100 valence electrons. The van der Waals surface area contributed by atoms with Crippen molar-refractivity contribution in [2.24, 2.45) is 0 Å². The molecule has 2 aromatic carbocycles. The van der Waals surface area contributed by atoms with E-state index in [2.05, 4.69) is 4.98 Å². The summed E-state index contributed by atoms with van der Waals surface area (Å²) in [5.74, 6) is -0.695. The number of para-hydroxylation sites is 2. The summed E-state index contributed by atoms with van der Waals surface area (Å²) in [5.41, 5.74) is 1.51. The molecule has 3 rings (SSSR count). The van der Waals surface area contributed by atoms with Crippen molar-refractivity contribution in [1.82, 2.24) is 4.98 Å². The maximum Gasteiger partial charge on any atom is 0.257 e. The Morgan fingerprint density at radius 1 is 1.15 bits per heavy atom. The Morgan fingerprint density at radius 2 is 1.90 bits per heavy atom. The first-order valence-electron chi connectivity index (χ1n) is 6.00. The van der Waals surface area contributed by atoms with Gasteiger partial charge in [0.1, 0.15) is 11.3 Å². The number of carbonyl (C=O) groups excluding carboxylic acids is 1. The second kappa shape index (κ2) is 5.46. The van der Waals surface area contributed by atoms with Crippen molar-refractivity contribution in [3.8, 4) is 0 Å². The quantitative estimate of drug-likeness (QED) is 0.538. The first kappa shape index (κ1) is 12.9. The molecule has 3 nitrogen and oxygen atoms in total. The van der Waals surface area contributed by atoms with Gasteiger partial charge in [-0.25, -0.2) is 9.37 Å². The van der Waals surface area contributed by atoms with Crippen LogP contribution < -0.4 is 0 Å². The van der Waals surface area contributed by atoms with Crippen LogP contribution in [0.25, 0.3) is 11.1 Å². The van der Waals surface area contributed by atoms with Crippen LogP contribution in [0.1, 0.15) is 10.4 Å². The van der Waals surface area contributed by atoms with Crippen molar-refractivity contribution in [2.75, 3.05) is 5.75 Å². The topological polar surface area (TPSA) is 43.1 Å². The van der Waals surface area contributed by atoms with E-state index < -0.39 is 5.82 Å². The number of rotatable bonds is 4. The van der Waals surface area contributed by atoms with Crippen LogP contribution in [0.2, 0.25) is 0 Å². The first-order valence-corrected chi connectivity index (χ1v) is 6.99. The molecule has 0 unspecified atom stereocenters. The Balaban J connectivity index is 1.73. The number of nitrogens with zero attached hydrogens (tertiary/aromatic N) is 1.